The molecular formula is C26H28N2O6. The van der Waals surface area contributed by atoms with E-state index < -0.39 is 6.03 Å². The van der Waals surface area contributed by atoms with Crippen LogP contribution in [0, 0.1) is 0 Å². The van der Waals surface area contributed by atoms with Gasteiger partial charge in [-0.2, -0.15) is 0 Å². The largest absolute Gasteiger partial charge is 0.497 e. The number of carbonyl (C=O) groups excluding carboxylic acids is 1. The summed E-state index contributed by atoms with van der Waals surface area (Å²) in [7, 11) is 7.82. The lowest BCUT2D eigenvalue weighted by Gasteiger charge is -2.13. The molecule has 0 saturated carbocycles. The summed E-state index contributed by atoms with van der Waals surface area (Å²) in [6.45, 7) is 0. The topological polar surface area (TPSA) is 87.3 Å². The molecule has 8 nitrogen and oxygen atoms in total. The molecule has 2 amide bonds. The van der Waals surface area contributed by atoms with Gasteiger partial charge < -0.3 is 34.3 Å². The number of anilines is 2. The summed E-state index contributed by atoms with van der Waals surface area (Å²) < 4.78 is 26.8. The molecule has 178 valence electrons. The molecule has 3 rings (SSSR count). The van der Waals surface area contributed by atoms with Crippen LogP contribution in [0.2, 0.25) is 0 Å². The second-order valence-corrected chi connectivity index (χ2v) is 7.06. The summed E-state index contributed by atoms with van der Waals surface area (Å²) in [5, 5.41) is 5.62. The van der Waals surface area contributed by atoms with Crippen molar-refractivity contribution in [3.05, 3.63) is 65.7 Å². The second-order valence-electron chi connectivity index (χ2n) is 7.06. The number of amides is 2. The highest BCUT2D eigenvalue weighted by Crippen LogP contribution is 2.38. The Morgan fingerprint density at radius 2 is 1.35 bits per heavy atom. The van der Waals surface area contributed by atoms with Gasteiger partial charge in [-0.25, -0.2) is 4.79 Å². The lowest BCUT2D eigenvalue weighted by atomic mass is 10.1. The first-order chi connectivity index (χ1) is 16.5. The number of methoxy groups -OCH3 is 5. The van der Waals surface area contributed by atoms with Crippen molar-refractivity contribution >= 4 is 29.6 Å². The average molecular weight is 465 g/mol. The quantitative estimate of drug-likeness (QED) is 0.404. The highest BCUT2D eigenvalue weighted by molar-refractivity contribution is 6.01. The van der Waals surface area contributed by atoms with Crippen LogP contribution in [0.1, 0.15) is 11.1 Å². The molecule has 0 radical (unpaired) electrons. The van der Waals surface area contributed by atoms with E-state index in [4.69, 9.17) is 23.7 Å². The standard InChI is InChI=1S/C26H28N2O6/c1-30-20-8-6-7-19(16-20)27-26(29)28-21-13-17(11-12-22(21)31-2)9-10-18-14-23(32-3)25(34-5)24(15-18)33-4/h6-16H,1-5H3,(H2,27,28,29)/b10-9-. The number of ether oxygens (including phenoxy) is 5. The predicted molar refractivity (Wildman–Crippen MR) is 134 cm³/mol. The molecule has 0 heterocycles. The van der Waals surface area contributed by atoms with Gasteiger partial charge >= 0.3 is 6.03 Å². The third kappa shape index (κ3) is 5.92. The molecule has 0 aliphatic carbocycles. The Bertz CT molecular complexity index is 1150. The van der Waals surface area contributed by atoms with Crippen molar-refractivity contribution in [2.75, 3.05) is 46.2 Å². The molecule has 0 aliphatic heterocycles. The van der Waals surface area contributed by atoms with Crippen LogP contribution >= 0.6 is 0 Å². The summed E-state index contributed by atoms with van der Waals surface area (Å²) in [5.41, 5.74) is 2.84. The normalized spacial score (nSPS) is 10.5. The van der Waals surface area contributed by atoms with E-state index in [1.165, 1.54) is 0 Å². The van der Waals surface area contributed by atoms with Crippen LogP contribution < -0.4 is 34.3 Å². The summed E-state index contributed by atoms with van der Waals surface area (Å²) >= 11 is 0. The van der Waals surface area contributed by atoms with Gasteiger partial charge in [0, 0.05) is 11.8 Å². The molecule has 2 N–H and O–H groups in total. The number of carbonyl (C=O) groups is 1. The van der Waals surface area contributed by atoms with E-state index >= 15 is 0 Å². The van der Waals surface area contributed by atoms with Crippen LogP contribution in [-0.4, -0.2) is 41.6 Å². The maximum absolute atomic E-state index is 12.6. The predicted octanol–water partition coefficient (Wildman–Crippen LogP) is 5.54. The average Bonchev–Trinajstić information content (AvgIpc) is 2.86. The first-order valence-electron chi connectivity index (χ1n) is 10.4. The smallest absolute Gasteiger partial charge is 0.323 e. The fourth-order valence-electron chi connectivity index (χ4n) is 3.30. The van der Waals surface area contributed by atoms with Crippen LogP contribution in [0.5, 0.6) is 28.7 Å². The number of benzene rings is 3. The van der Waals surface area contributed by atoms with Crippen LogP contribution in [0.4, 0.5) is 16.2 Å². The van der Waals surface area contributed by atoms with Crippen molar-refractivity contribution in [2.45, 2.75) is 0 Å². The Labute approximate surface area is 199 Å². The van der Waals surface area contributed by atoms with Gasteiger partial charge in [-0.3, -0.25) is 0 Å². The van der Waals surface area contributed by atoms with Gasteiger partial charge in [-0.05, 0) is 47.5 Å². The van der Waals surface area contributed by atoms with Crippen LogP contribution in [0.3, 0.4) is 0 Å². The lowest BCUT2D eigenvalue weighted by Crippen LogP contribution is -2.19. The Morgan fingerprint density at radius 3 is 1.97 bits per heavy atom. The van der Waals surface area contributed by atoms with E-state index in [1.807, 2.05) is 36.4 Å². The molecule has 0 unspecified atom stereocenters. The van der Waals surface area contributed by atoms with Gasteiger partial charge in [-0.1, -0.05) is 24.3 Å². The van der Waals surface area contributed by atoms with Crippen molar-refractivity contribution in [1.82, 2.24) is 0 Å². The fraction of sp³-hybridized carbons (Fsp3) is 0.192. The lowest BCUT2D eigenvalue weighted by molar-refractivity contribution is 0.262. The Morgan fingerprint density at radius 1 is 0.676 bits per heavy atom. The molecule has 34 heavy (non-hydrogen) atoms. The van der Waals surface area contributed by atoms with Crippen LogP contribution in [-0.2, 0) is 0 Å². The van der Waals surface area contributed by atoms with Gasteiger partial charge in [0.2, 0.25) is 5.75 Å². The summed E-state index contributed by atoms with van der Waals surface area (Å²) in [6, 6.07) is 15.9. The molecule has 0 aliphatic rings. The van der Waals surface area contributed by atoms with Crippen LogP contribution in [0.25, 0.3) is 12.2 Å². The zero-order valence-electron chi connectivity index (χ0n) is 19.8. The van der Waals surface area contributed by atoms with E-state index in [-0.39, 0.29) is 0 Å². The number of hydrogen-bond donors (Lipinski definition) is 2. The minimum Gasteiger partial charge on any atom is -0.497 e. The first kappa shape index (κ1) is 24.3. The molecule has 0 fully saturated rings. The zero-order valence-corrected chi connectivity index (χ0v) is 19.8. The van der Waals surface area contributed by atoms with E-state index in [9.17, 15) is 4.79 Å². The van der Waals surface area contributed by atoms with Crippen molar-refractivity contribution in [1.29, 1.82) is 0 Å². The van der Waals surface area contributed by atoms with Gasteiger partial charge in [0.25, 0.3) is 0 Å². The molecule has 0 aromatic heterocycles. The highest BCUT2D eigenvalue weighted by atomic mass is 16.5. The Hall–Kier alpha value is -4.33. The minimum atomic E-state index is -0.405. The summed E-state index contributed by atoms with van der Waals surface area (Å²) in [6.07, 6.45) is 3.82. The summed E-state index contributed by atoms with van der Waals surface area (Å²) in [4.78, 5) is 12.6. The molecule has 3 aromatic rings. The molecular weight excluding hydrogens is 436 g/mol. The fourth-order valence-corrected chi connectivity index (χ4v) is 3.30. The van der Waals surface area contributed by atoms with Crippen molar-refractivity contribution in [3.63, 3.8) is 0 Å². The number of nitrogens with one attached hydrogen (secondary N) is 2. The van der Waals surface area contributed by atoms with Gasteiger partial charge in [-0.15, -0.1) is 0 Å². The molecule has 0 saturated heterocycles. The minimum absolute atomic E-state index is 0.405. The maximum atomic E-state index is 12.6. The van der Waals surface area contributed by atoms with Crippen molar-refractivity contribution < 1.29 is 28.5 Å². The van der Waals surface area contributed by atoms with Crippen LogP contribution in [0.15, 0.2) is 54.6 Å². The molecule has 8 heteroatoms. The monoisotopic (exact) mass is 464 g/mol. The van der Waals surface area contributed by atoms with Gasteiger partial charge in [0.05, 0.1) is 41.2 Å². The van der Waals surface area contributed by atoms with Gasteiger partial charge in [0.15, 0.2) is 11.5 Å². The van der Waals surface area contributed by atoms with Gasteiger partial charge in [0.1, 0.15) is 11.5 Å². The Kier molecular flexibility index (Phi) is 8.23. The molecule has 0 bridgehead atoms. The number of rotatable bonds is 9. The van der Waals surface area contributed by atoms with Crippen molar-refractivity contribution in [2.24, 2.45) is 0 Å². The third-order valence-corrected chi connectivity index (χ3v) is 4.95. The first-order valence-corrected chi connectivity index (χ1v) is 10.4. The zero-order chi connectivity index (χ0) is 24.5. The van der Waals surface area contributed by atoms with Crippen molar-refractivity contribution in [3.8, 4) is 28.7 Å². The molecule has 0 spiro atoms. The van der Waals surface area contributed by atoms with E-state index in [2.05, 4.69) is 10.6 Å². The van der Waals surface area contributed by atoms with E-state index in [1.54, 1.807) is 65.9 Å². The summed E-state index contributed by atoms with van der Waals surface area (Å²) in [5.74, 6) is 2.83. The molecule has 0 atom stereocenters. The second kappa shape index (κ2) is 11.5. The SMILES string of the molecule is COc1cccc(NC(=O)Nc2cc(/C=C\c3cc(OC)c(OC)c(OC)c3)ccc2OC)c1. The molecule has 3 aromatic carbocycles. The Balaban J connectivity index is 1.81. The van der Waals surface area contributed by atoms with E-state index in [0.29, 0.717) is 40.1 Å². The highest BCUT2D eigenvalue weighted by Gasteiger charge is 2.12. The van der Waals surface area contributed by atoms with E-state index in [0.717, 1.165) is 11.1 Å². The third-order valence-electron chi connectivity index (χ3n) is 4.95. The number of hydrogen-bond acceptors (Lipinski definition) is 6. The maximum Gasteiger partial charge on any atom is 0.323 e. The number of urea groups is 1.